The first kappa shape index (κ1) is 20.1. The van der Waals surface area contributed by atoms with Gasteiger partial charge >= 0.3 is 0 Å². The second-order valence-electron chi connectivity index (χ2n) is 6.63. The fraction of sp³-hybridized carbons (Fsp3) is 0.350. The van der Waals surface area contributed by atoms with Crippen LogP contribution in [-0.4, -0.2) is 42.5 Å². The van der Waals surface area contributed by atoms with Gasteiger partial charge in [0.05, 0.1) is 28.7 Å². The van der Waals surface area contributed by atoms with E-state index in [-0.39, 0.29) is 28.2 Å². The Morgan fingerprint density at radius 1 is 1.29 bits per heavy atom. The number of hydrogen-bond acceptors (Lipinski definition) is 5. The van der Waals surface area contributed by atoms with E-state index in [1.54, 1.807) is 7.11 Å². The normalized spacial score (nSPS) is 15.2. The number of carbonyl (C=O) groups is 1. The van der Waals surface area contributed by atoms with Crippen LogP contribution in [0.3, 0.4) is 0 Å². The van der Waals surface area contributed by atoms with Crippen molar-refractivity contribution in [2.45, 2.75) is 18.9 Å². The number of nitrogens with zero attached hydrogens (tertiary/aromatic N) is 2. The molecule has 1 amide bonds. The number of halogens is 1. The van der Waals surface area contributed by atoms with Crippen LogP contribution in [0.25, 0.3) is 0 Å². The van der Waals surface area contributed by atoms with Crippen molar-refractivity contribution in [3.05, 3.63) is 68.7 Å². The molecule has 1 saturated heterocycles. The lowest BCUT2D eigenvalue weighted by Gasteiger charge is -2.29. The number of amides is 1. The van der Waals surface area contributed by atoms with Crippen LogP contribution in [-0.2, 0) is 0 Å². The van der Waals surface area contributed by atoms with Crippen molar-refractivity contribution in [3.8, 4) is 5.75 Å². The van der Waals surface area contributed by atoms with Crippen molar-refractivity contribution in [1.29, 1.82) is 0 Å². The molecule has 1 heterocycles. The van der Waals surface area contributed by atoms with E-state index in [1.165, 1.54) is 18.2 Å². The number of methoxy groups -OCH3 is 1. The first-order valence-corrected chi connectivity index (χ1v) is 9.48. The zero-order chi connectivity index (χ0) is 20.1. The smallest absolute Gasteiger partial charge is 0.270 e. The molecule has 1 unspecified atom stereocenters. The fourth-order valence-corrected chi connectivity index (χ4v) is 3.78. The monoisotopic (exact) mass is 403 g/mol. The van der Waals surface area contributed by atoms with Crippen molar-refractivity contribution in [1.82, 2.24) is 10.2 Å². The van der Waals surface area contributed by atoms with E-state index in [0.717, 1.165) is 37.2 Å². The van der Waals surface area contributed by atoms with Gasteiger partial charge in [-0.2, -0.15) is 0 Å². The molecule has 1 aliphatic rings. The second kappa shape index (κ2) is 9.03. The van der Waals surface area contributed by atoms with E-state index < -0.39 is 4.92 Å². The Morgan fingerprint density at radius 2 is 2.00 bits per heavy atom. The third-order valence-corrected chi connectivity index (χ3v) is 5.26. The first-order chi connectivity index (χ1) is 13.5. The lowest BCUT2D eigenvalue weighted by molar-refractivity contribution is -0.384. The molecule has 1 fully saturated rings. The SMILES string of the molecule is COc1ccccc1C(CNC(=O)c1ccc([N+](=O)[O-])cc1Cl)N1CCCC1. The number of rotatable bonds is 7. The molecular weight excluding hydrogens is 382 g/mol. The van der Waals surface area contributed by atoms with E-state index in [2.05, 4.69) is 10.2 Å². The zero-order valence-corrected chi connectivity index (χ0v) is 16.3. The summed E-state index contributed by atoms with van der Waals surface area (Å²) in [7, 11) is 1.63. The topological polar surface area (TPSA) is 84.7 Å². The number of para-hydroxylation sites is 1. The summed E-state index contributed by atoms with van der Waals surface area (Å²) in [6.45, 7) is 2.29. The standard InChI is InChI=1S/C20H22ClN3O4/c1-28-19-7-3-2-6-16(19)18(23-10-4-5-11-23)13-22-20(25)15-9-8-14(24(26)27)12-17(15)21/h2-3,6-9,12,18H,4-5,10-11,13H2,1H3,(H,22,25). The summed E-state index contributed by atoms with van der Waals surface area (Å²) in [6.07, 6.45) is 2.24. The van der Waals surface area contributed by atoms with Crippen LogP contribution in [0.5, 0.6) is 5.75 Å². The molecule has 1 atom stereocenters. The van der Waals surface area contributed by atoms with Gasteiger partial charge in [-0.25, -0.2) is 0 Å². The summed E-state index contributed by atoms with van der Waals surface area (Å²) in [5.41, 5.74) is 1.08. The number of hydrogen-bond donors (Lipinski definition) is 1. The summed E-state index contributed by atoms with van der Waals surface area (Å²) in [5, 5.41) is 13.8. The van der Waals surface area contributed by atoms with Crippen LogP contribution >= 0.6 is 11.6 Å². The van der Waals surface area contributed by atoms with E-state index in [9.17, 15) is 14.9 Å². The van der Waals surface area contributed by atoms with Crippen molar-refractivity contribution < 1.29 is 14.5 Å². The van der Waals surface area contributed by atoms with Crippen molar-refractivity contribution in [2.75, 3.05) is 26.7 Å². The van der Waals surface area contributed by atoms with Gasteiger partial charge in [0.25, 0.3) is 11.6 Å². The molecular formula is C20H22ClN3O4. The second-order valence-corrected chi connectivity index (χ2v) is 7.04. The predicted molar refractivity (Wildman–Crippen MR) is 107 cm³/mol. The summed E-state index contributed by atoms with van der Waals surface area (Å²) >= 11 is 6.08. The molecule has 2 aromatic carbocycles. The quantitative estimate of drug-likeness (QED) is 0.561. The molecule has 0 bridgehead atoms. The molecule has 28 heavy (non-hydrogen) atoms. The molecule has 0 saturated carbocycles. The maximum Gasteiger partial charge on any atom is 0.270 e. The van der Waals surface area contributed by atoms with Gasteiger partial charge in [-0.1, -0.05) is 29.8 Å². The molecule has 1 aliphatic heterocycles. The lowest BCUT2D eigenvalue weighted by Crippen LogP contribution is -2.37. The number of nitro groups is 1. The third-order valence-electron chi connectivity index (χ3n) is 4.94. The summed E-state index contributed by atoms with van der Waals surface area (Å²) in [6, 6.07) is 11.6. The highest BCUT2D eigenvalue weighted by atomic mass is 35.5. The van der Waals surface area contributed by atoms with E-state index in [0.29, 0.717) is 6.54 Å². The lowest BCUT2D eigenvalue weighted by atomic mass is 10.0. The number of nitro benzene ring substituents is 1. The summed E-state index contributed by atoms with van der Waals surface area (Å²) < 4.78 is 5.51. The molecule has 0 aromatic heterocycles. The Bertz CT molecular complexity index is 868. The largest absolute Gasteiger partial charge is 0.496 e. The van der Waals surface area contributed by atoms with Crippen LogP contribution < -0.4 is 10.1 Å². The number of ether oxygens (including phenoxy) is 1. The first-order valence-electron chi connectivity index (χ1n) is 9.10. The van der Waals surface area contributed by atoms with Gasteiger partial charge in [0.15, 0.2) is 0 Å². The average Bonchev–Trinajstić information content (AvgIpc) is 3.22. The molecule has 0 radical (unpaired) electrons. The Morgan fingerprint density at radius 3 is 2.64 bits per heavy atom. The van der Waals surface area contributed by atoms with E-state index >= 15 is 0 Å². The molecule has 2 aromatic rings. The van der Waals surface area contributed by atoms with Crippen LogP contribution in [0.1, 0.15) is 34.8 Å². The van der Waals surface area contributed by atoms with Gasteiger partial charge in [-0.15, -0.1) is 0 Å². The highest BCUT2D eigenvalue weighted by Crippen LogP contribution is 2.31. The molecule has 1 N–H and O–H groups in total. The highest BCUT2D eigenvalue weighted by molar-refractivity contribution is 6.34. The van der Waals surface area contributed by atoms with E-state index in [4.69, 9.17) is 16.3 Å². The minimum absolute atomic E-state index is 0.0283. The van der Waals surface area contributed by atoms with E-state index in [1.807, 2.05) is 24.3 Å². The Balaban J connectivity index is 1.78. The van der Waals surface area contributed by atoms with Crippen LogP contribution in [0.15, 0.2) is 42.5 Å². The van der Waals surface area contributed by atoms with Gasteiger partial charge in [-0.3, -0.25) is 19.8 Å². The number of likely N-dealkylation sites (tertiary alicyclic amines) is 1. The molecule has 0 aliphatic carbocycles. The number of benzene rings is 2. The van der Waals surface area contributed by atoms with Gasteiger partial charge < -0.3 is 10.1 Å². The number of nitrogens with one attached hydrogen (secondary N) is 1. The molecule has 0 spiro atoms. The molecule has 148 valence electrons. The van der Waals surface area contributed by atoms with Gasteiger partial charge in [0.1, 0.15) is 5.75 Å². The maximum absolute atomic E-state index is 12.6. The Kier molecular flexibility index (Phi) is 6.49. The molecule has 7 nitrogen and oxygen atoms in total. The minimum atomic E-state index is -0.543. The number of carbonyl (C=O) groups excluding carboxylic acids is 1. The van der Waals surface area contributed by atoms with Crippen LogP contribution in [0.2, 0.25) is 5.02 Å². The average molecular weight is 404 g/mol. The predicted octanol–water partition coefficient (Wildman–Crippen LogP) is 3.82. The number of non-ortho nitro benzene ring substituents is 1. The van der Waals surface area contributed by atoms with Gasteiger partial charge in [-0.05, 0) is 38.1 Å². The zero-order valence-electron chi connectivity index (χ0n) is 15.6. The fourth-order valence-electron chi connectivity index (χ4n) is 3.52. The van der Waals surface area contributed by atoms with Crippen molar-refractivity contribution >= 4 is 23.2 Å². The molecule has 3 rings (SSSR count). The van der Waals surface area contributed by atoms with Gasteiger partial charge in [0.2, 0.25) is 0 Å². The Labute approximate surface area is 168 Å². The summed E-state index contributed by atoms with van der Waals surface area (Å²) in [4.78, 5) is 25.3. The third kappa shape index (κ3) is 4.43. The van der Waals surface area contributed by atoms with Crippen molar-refractivity contribution in [2.24, 2.45) is 0 Å². The maximum atomic E-state index is 12.6. The van der Waals surface area contributed by atoms with Crippen molar-refractivity contribution in [3.63, 3.8) is 0 Å². The summed E-state index contributed by atoms with van der Waals surface area (Å²) in [5.74, 6) is 0.418. The van der Waals surface area contributed by atoms with Gasteiger partial charge in [0, 0.05) is 24.2 Å². The molecule has 8 heteroatoms. The highest BCUT2D eigenvalue weighted by Gasteiger charge is 2.26. The van der Waals surface area contributed by atoms with Crippen LogP contribution in [0.4, 0.5) is 5.69 Å². The van der Waals surface area contributed by atoms with Crippen LogP contribution in [0, 0.1) is 10.1 Å². The Hall–Kier alpha value is -2.64. The minimum Gasteiger partial charge on any atom is -0.496 e.